The molecular formula is C23H28. The molecule has 0 heteroatoms. The lowest BCUT2D eigenvalue weighted by atomic mass is 9.54. The number of aryl methyl sites for hydroxylation is 2. The number of rotatable bonds is 0. The van der Waals surface area contributed by atoms with Gasteiger partial charge in [0.1, 0.15) is 0 Å². The molecule has 0 heterocycles. The van der Waals surface area contributed by atoms with E-state index in [1.54, 1.807) is 22.3 Å². The predicted molar refractivity (Wildman–Crippen MR) is 98.3 cm³/mol. The Morgan fingerprint density at radius 2 is 1.22 bits per heavy atom. The summed E-state index contributed by atoms with van der Waals surface area (Å²) < 4.78 is 0. The Morgan fingerprint density at radius 3 is 1.96 bits per heavy atom. The number of hydrogen-bond acceptors (Lipinski definition) is 0. The zero-order valence-corrected chi connectivity index (χ0v) is 15.4. The average Bonchev–Trinajstić information content (AvgIpc) is 2.81. The first kappa shape index (κ1) is 15.0. The van der Waals surface area contributed by atoms with Crippen LogP contribution in [0, 0.1) is 19.3 Å². The zero-order valence-electron chi connectivity index (χ0n) is 15.4. The van der Waals surface area contributed by atoms with Gasteiger partial charge in [-0.15, -0.1) is 0 Å². The molecular weight excluding hydrogens is 276 g/mol. The van der Waals surface area contributed by atoms with Crippen molar-refractivity contribution in [2.45, 2.75) is 65.2 Å². The summed E-state index contributed by atoms with van der Waals surface area (Å²) in [5, 5.41) is 0. The molecule has 0 bridgehead atoms. The van der Waals surface area contributed by atoms with Crippen LogP contribution in [-0.4, -0.2) is 0 Å². The lowest BCUT2D eigenvalue weighted by Gasteiger charge is -2.49. The molecule has 1 spiro atoms. The maximum absolute atomic E-state index is 2.48. The van der Waals surface area contributed by atoms with Gasteiger partial charge in [0.15, 0.2) is 0 Å². The molecule has 0 saturated carbocycles. The first-order valence-electron chi connectivity index (χ1n) is 8.89. The second-order valence-corrected chi connectivity index (χ2v) is 9.01. The van der Waals surface area contributed by atoms with E-state index in [9.17, 15) is 0 Å². The quantitative estimate of drug-likeness (QED) is 0.589. The fraction of sp³-hybridized carbons (Fsp3) is 0.478. The van der Waals surface area contributed by atoms with Gasteiger partial charge in [-0.1, -0.05) is 75.2 Å². The molecule has 2 aliphatic rings. The van der Waals surface area contributed by atoms with E-state index in [1.165, 1.54) is 24.0 Å². The molecule has 0 saturated heterocycles. The molecule has 1 unspecified atom stereocenters. The SMILES string of the molecule is Cc1ccc2c(c1)CC1(Cc3ccc(C)cc3C1(C)C)C2(C)C. The third kappa shape index (κ3) is 1.67. The Morgan fingerprint density at radius 1 is 0.652 bits per heavy atom. The second-order valence-electron chi connectivity index (χ2n) is 9.01. The molecule has 0 radical (unpaired) electrons. The molecule has 2 aromatic carbocycles. The molecule has 0 nitrogen and oxygen atoms in total. The summed E-state index contributed by atoms with van der Waals surface area (Å²) in [7, 11) is 0. The molecule has 2 aliphatic carbocycles. The largest absolute Gasteiger partial charge is 0.0590 e. The van der Waals surface area contributed by atoms with Crippen molar-refractivity contribution in [2.75, 3.05) is 0 Å². The minimum Gasteiger partial charge on any atom is -0.0590 e. The molecule has 0 fully saturated rings. The van der Waals surface area contributed by atoms with Crippen LogP contribution in [-0.2, 0) is 23.7 Å². The van der Waals surface area contributed by atoms with Crippen molar-refractivity contribution in [1.29, 1.82) is 0 Å². The molecule has 120 valence electrons. The van der Waals surface area contributed by atoms with Crippen molar-refractivity contribution in [3.63, 3.8) is 0 Å². The molecule has 4 rings (SSSR count). The van der Waals surface area contributed by atoms with Crippen molar-refractivity contribution >= 4 is 0 Å². The highest BCUT2D eigenvalue weighted by Crippen LogP contribution is 2.66. The first-order chi connectivity index (χ1) is 10.7. The third-order valence-corrected chi connectivity index (χ3v) is 7.25. The number of benzene rings is 2. The lowest BCUT2D eigenvalue weighted by molar-refractivity contribution is 0.0850. The van der Waals surface area contributed by atoms with Crippen LogP contribution in [0.3, 0.4) is 0 Å². The van der Waals surface area contributed by atoms with Crippen molar-refractivity contribution in [3.05, 3.63) is 69.8 Å². The highest BCUT2D eigenvalue weighted by atomic mass is 14.7. The van der Waals surface area contributed by atoms with E-state index in [0.717, 1.165) is 0 Å². The average molecular weight is 304 g/mol. The maximum Gasteiger partial charge on any atom is -0.00296 e. The summed E-state index contributed by atoms with van der Waals surface area (Å²) in [6.07, 6.45) is 2.41. The highest BCUT2D eigenvalue weighted by Gasteiger charge is 2.62. The van der Waals surface area contributed by atoms with E-state index in [-0.39, 0.29) is 16.2 Å². The topological polar surface area (TPSA) is 0 Å². The van der Waals surface area contributed by atoms with E-state index < -0.39 is 0 Å². The molecule has 2 aromatic rings. The first-order valence-corrected chi connectivity index (χ1v) is 8.89. The summed E-state index contributed by atoms with van der Waals surface area (Å²) in [5.74, 6) is 0. The molecule has 0 aliphatic heterocycles. The van der Waals surface area contributed by atoms with Gasteiger partial charge in [-0.25, -0.2) is 0 Å². The highest BCUT2D eigenvalue weighted by molar-refractivity contribution is 5.54. The minimum absolute atomic E-state index is 0.199. The summed E-state index contributed by atoms with van der Waals surface area (Å²) in [6.45, 7) is 14.4. The van der Waals surface area contributed by atoms with Crippen molar-refractivity contribution in [2.24, 2.45) is 5.41 Å². The Balaban J connectivity index is 1.94. The van der Waals surface area contributed by atoms with Crippen LogP contribution >= 0.6 is 0 Å². The van der Waals surface area contributed by atoms with Gasteiger partial charge in [-0.05, 0) is 65.2 Å². The molecule has 0 aromatic heterocycles. The lowest BCUT2D eigenvalue weighted by Crippen LogP contribution is -2.49. The molecule has 23 heavy (non-hydrogen) atoms. The van der Waals surface area contributed by atoms with Crippen LogP contribution in [0.25, 0.3) is 0 Å². The van der Waals surface area contributed by atoms with E-state index in [2.05, 4.69) is 77.9 Å². The Kier molecular flexibility index (Phi) is 2.80. The Hall–Kier alpha value is -1.56. The van der Waals surface area contributed by atoms with Crippen molar-refractivity contribution < 1.29 is 0 Å². The van der Waals surface area contributed by atoms with Gasteiger partial charge in [0.05, 0.1) is 0 Å². The Labute approximate surface area is 140 Å². The smallest absolute Gasteiger partial charge is 0.00296 e. The fourth-order valence-electron chi connectivity index (χ4n) is 5.80. The van der Waals surface area contributed by atoms with Crippen molar-refractivity contribution in [1.82, 2.24) is 0 Å². The standard InChI is InChI=1S/C23H28/c1-15-8-10-19-18(11-15)14-23(21(19,3)4)13-17-9-7-16(2)12-20(17)22(23,5)6/h7-12H,13-14H2,1-6H3. The second kappa shape index (κ2) is 4.29. The van der Waals surface area contributed by atoms with Gasteiger partial charge < -0.3 is 0 Å². The van der Waals surface area contributed by atoms with Gasteiger partial charge in [0, 0.05) is 0 Å². The van der Waals surface area contributed by atoms with Gasteiger partial charge in [0.25, 0.3) is 0 Å². The fourth-order valence-corrected chi connectivity index (χ4v) is 5.80. The van der Waals surface area contributed by atoms with Gasteiger partial charge in [-0.3, -0.25) is 0 Å². The van der Waals surface area contributed by atoms with E-state index >= 15 is 0 Å². The zero-order chi connectivity index (χ0) is 16.6. The minimum atomic E-state index is 0.199. The number of hydrogen-bond donors (Lipinski definition) is 0. The van der Waals surface area contributed by atoms with Crippen LogP contribution in [0.1, 0.15) is 61.1 Å². The molecule has 0 N–H and O–H groups in total. The van der Waals surface area contributed by atoms with Crippen LogP contribution in [0.4, 0.5) is 0 Å². The normalized spacial score (nSPS) is 26.3. The van der Waals surface area contributed by atoms with E-state index in [4.69, 9.17) is 0 Å². The summed E-state index contributed by atoms with van der Waals surface area (Å²) in [6, 6.07) is 14.2. The number of fused-ring (bicyclic) bond motifs is 2. The molecule has 0 amide bonds. The molecule has 1 atom stereocenters. The summed E-state index contributed by atoms with van der Waals surface area (Å²) in [4.78, 5) is 0. The van der Waals surface area contributed by atoms with Crippen LogP contribution in [0.5, 0.6) is 0 Å². The van der Waals surface area contributed by atoms with Gasteiger partial charge >= 0.3 is 0 Å². The van der Waals surface area contributed by atoms with Crippen LogP contribution < -0.4 is 0 Å². The summed E-state index contributed by atoms with van der Waals surface area (Å²) in [5.41, 5.74) is 9.75. The van der Waals surface area contributed by atoms with E-state index in [1.807, 2.05) is 0 Å². The summed E-state index contributed by atoms with van der Waals surface area (Å²) >= 11 is 0. The van der Waals surface area contributed by atoms with E-state index in [0.29, 0.717) is 0 Å². The van der Waals surface area contributed by atoms with Gasteiger partial charge in [0.2, 0.25) is 0 Å². The monoisotopic (exact) mass is 304 g/mol. The predicted octanol–water partition coefficient (Wildman–Crippen LogP) is 5.66. The Bertz CT molecular complexity index is 807. The van der Waals surface area contributed by atoms with Crippen molar-refractivity contribution in [3.8, 4) is 0 Å². The van der Waals surface area contributed by atoms with Crippen LogP contribution in [0.15, 0.2) is 36.4 Å². The maximum atomic E-state index is 2.48. The van der Waals surface area contributed by atoms with Gasteiger partial charge in [-0.2, -0.15) is 0 Å². The van der Waals surface area contributed by atoms with Crippen LogP contribution in [0.2, 0.25) is 0 Å². The third-order valence-electron chi connectivity index (χ3n) is 7.25.